The van der Waals surface area contributed by atoms with Crippen LogP contribution in [0.4, 0.5) is 0 Å². The molecule has 0 amide bonds. The van der Waals surface area contributed by atoms with Crippen molar-refractivity contribution in [1.82, 2.24) is 0 Å². The maximum atomic E-state index is 11.7. The fraction of sp³-hybridized carbons (Fsp3) is 0.882. The average Bonchev–Trinajstić information content (AvgIpc) is 2.82. The summed E-state index contributed by atoms with van der Waals surface area (Å²) in [6.07, 6.45) is 11.2. The number of hydrogen-bond acceptors (Lipinski definition) is 3. The van der Waals surface area contributed by atoms with Crippen LogP contribution in [-0.4, -0.2) is 11.7 Å². The van der Waals surface area contributed by atoms with E-state index in [4.69, 9.17) is 4.84 Å². The quantitative estimate of drug-likeness (QED) is 0.370. The van der Waals surface area contributed by atoms with Gasteiger partial charge in [0.15, 0.2) is 0 Å². The van der Waals surface area contributed by atoms with Crippen molar-refractivity contribution >= 4 is 11.7 Å². The third kappa shape index (κ3) is 6.06. The number of hydrogen-bond donors (Lipinski definition) is 0. The first-order valence-electron chi connectivity index (χ1n) is 8.23. The van der Waals surface area contributed by atoms with Gasteiger partial charge in [0.1, 0.15) is 0 Å². The minimum absolute atomic E-state index is 0.237. The van der Waals surface area contributed by atoms with Crippen LogP contribution in [0.2, 0.25) is 0 Å². The van der Waals surface area contributed by atoms with Crippen LogP contribution in [0.25, 0.3) is 0 Å². The molecule has 0 aromatic carbocycles. The molecule has 1 aliphatic rings. The molecule has 0 saturated heterocycles. The van der Waals surface area contributed by atoms with Crippen LogP contribution in [0.1, 0.15) is 85.5 Å². The summed E-state index contributed by atoms with van der Waals surface area (Å²) in [5.41, 5.74) is 0.635. The highest BCUT2D eigenvalue weighted by molar-refractivity contribution is 5.88. The fourth-order valence-electron chi connectivity index (χ4n) is 2.56. The minimum Gasteiger partial charge on any atom is -0.318 e. The predicted molar refractivity (Wildman–Crippen MR) is 83.7 cm³/mol. The molecule has 20 heavy (non-hydrogen) atoms. The number of carbonyl (C=O) groups is 1. The van der Waals surface area contributed by atoms with Gasteiger partial charge in [0.2, 0.25) is 0 Å². The SMILES string of the molecule is CCCCCCC[C@@H]1CCC/C1=N\OC(=O)C(C)(C)C. The van der Waals surface area contributed by atoms with E-state index in [0.29, 0.717) is 5.92 Å². The normalized spacial score (nSPS) is 21.4. The van der Waals surface area contributed by atoms with Crippen molar-refractivity contribution in [3.8, 4) is 0 Å². The van der Waals surface area contributed by atoms with E-state index in [0.717, 1.165) is 12.1 Å². The van der Waals surface area contributed by atoms with E-state index in [1.165, 1.54) is 51.4 Å². The van der Waals surface area contributed by atoms with Crippen LogP contribution in [0, 0.1) is 11.3 Å². The molecule has 1 atom stereocenters. The summed E-state index contributed by atoms with van der Waals surface area (Å²) in [5, 5.41) is 4.15. The Morgan fingerprint density at radius 1 is 1.25 bits per heavy atom. The van der Waals surface area contributed by atoms with Crippen molar-refractivity contribution in [2.75, 3.05) is 0 Å². The molecule has 0 spiro atoms. The minimum atomic E-state index is -0.474. The lowest BCUT2D eigenvalue weighted by atomic mass is 9.97. The molecule has 3 heteroatoms. The largest absolute Gasteiger partial charge is 0.340 e. The first kappa shape index (κ1) is 17.2. The van der Waals surface area contributed by atoms with Gasteiger partial charge in [-0.1, -0.05) is 44.2 Å². The summed E-state index contributed by atoms with van der Waals surface area (Å²) >= 11 is 0. The van der Waals surface area contributed by atoms with E-state index in [1.807, 2.05) is 20.8 Å². The van der Waals surface area contributed by atoms with Gasteiger partial charge in [0.25, 0.3) is 0 Å². The van der Waals surface area contributed by atoms with Gasteiger partial charge in [-0.3, -0.25) is 0 Å². The molecule has 0 bridgehead atoms. The molecule has 0 unspecified atom stereocenters. The third-order valence-electron chi connectivity index (χ3n) is 3.97. The first-order chi connectivity index (χ1) is 9.45. The Kier molecular flexibility index (Phi) is 7.25. The lowest BCUT2D eigenvalue weighted by molar-refractivity contribution is -0.153. The molecular formula is C17H31NO2. The number of nitrogens with zero attached hydrogens (tertiary/aromatic N) is 1. The summed E-state index contributed by atoms with van der Waals surface area (Å²) in [4.78, 5) is 16.8. The highest BCUT2D eigenvalue weighted by Crippen LogP contribution is 2.28. The second kappa shape index (κ2) is 8.43. The van der Waals surface area contributed by atoms with Crippen LogP contribution in [-0.2, 0) is 9.63 Å². The van der Waals surface area contributed by atoms with Crippen LogP contribution in [0.5, 0.6) is 0 Å². The summed E-state index contributed by atoms with van der Waals surface area (Å²) in [5.74, 6) is 0.308. The molecule has 0 N–H and O–H groups in total. The highest BCUT2D eigenvalue weighted by atomic mass is 16.7. The van der Waals surface area contributed by atoms with Gasteiger partial charge in [-0.05, 0) is 46.5 Å². The molecule has 116 valence electrons. The molecule has 1 saturated carbocycles. The average molecular weight is 281 g/mol. The summed E-state index contributed by atoms with van der Waals surface area (Å²) in [6.45, 7) is 7.81. The lowest BCUT2D eigenvalue weighted by Crippen LogP contribution is -2.22. The molecule has 1 fully saturated rings. The van der Waals surface area contributed by atoms with Crippen molar-refractivity contribution in [2.45, 2.75) is 85.5 Å². The summed E-state index contributed by atoms with van der Waals surface area (Å²) in [7, 11) is 0. The van der Waals surface area contributed by atoms with E-state index < -0.39 is 5.41 Å². The van der Waals surface area contributed by atoms with E-state index in [9.17, 15) is 4.79 Å². The van der Waals surface area contributed by atoms with Crippen LogP contribution in [0.15, 0.2) is 5.16 Å². The fourth-order valence-corrected chi connectivity index (χ4v) is 2.56. The standard InChI is InChI=1S/C17H31NO2/c1-5-6-7-8-9-11-14-12-10-13-15(14)18-20-16(19)17(2,3)4/h14H,5-13H2,1-4H3/b18-15+/t14-/m1/s1. The molecule has 0 aliphatic heterocycles. The van der Waals surface area contributed by atoms with E-state index in [-0.39, 0.29) is 5.97 Å². The van der Waals surface area contributed by atoms with Gasteiger partial charge >= 0.3 is 5.97 Å². The van der Waals surface area contributed by atoms with Crippen molar-refractivity contribution < 1.29 is 9.63 Å². The maximum absolute atomic E-state index is 11.7. The number of carbonyl (C=O) groups excluding carboxylic acids is 1. The summed E-state index contributed by atoms with van der Waals surface area (Å²) < 4.78 is 0. The molecule has 1 aliphatic carbocycles. The molecule has 0 aromatic heterocycles. The lowest BCUT2D eigenvalue weighted by Gasteiger charge is -2.14. The van der Waals surface area contributed by atoms with E-state index >= 15 is 0 Å². The van der Waals surface area contributed by atoms with Crippen molar-refractivity contribution in [3.63, 3.8) is 0 Å². The van der Waals surface area contributed by atoms with Gasteiger partial charge in [-0.15, -0.1) is 0 Å². The van der Waals surface area contributed by atoms with E-state index in [1.54, 1.807) is 0 Å². The van der Waals surface area contributed by atoms with Gasteiger partial charge in [0.05, 0.1) is 11.1 Å². The summed E-state index contributed by atoms with van der Waals surface area (Å²) in [6, 6.07) is 0. The predicted octanol–water partition coefficient (Wildman–Crippen LogP) is 5.09. The number of oxime groups is 1. The first-order valence-corrected chi connectivity index (χ1v) is 8.23. The number of rotatable bonds is 7. The Morgan fingerprint density at radius 2 is 1.95 bits per heavy atom. The van der Waals surface area contributed by atoms with Crippen LogP contribution >= 0.6 is 0 Å². The Bertz CT molecular complexity index is 328. The third-order valence-corrected chi connectivity index (χ3v) is 3.97. The van der Waals surface area contributed by atoms with Crippen molar-refractivity contribution in [2.24, 2.45) is 16.5 Å². The van der Waals surface area contributed by atoms with Crippen molar-refractivity contribution in [1.29, 1.82) is 0 Å². The second-order valence-electron chi connectivity index (χ2n) is 7.00. The Balaban J connectivity index is 2.35. The zero-order valence-electron chi connectivity index (χ0n) is 13.7. The molecule has 0 aromatic rings. The highest BCUT2D eigenvalue weighted by Gasteiger charge is 2.26. The van der Waals surface area contributed by atoms with Gasteiger partial charge in [-0.2, -0.15) is 0 Å². The zero-order valence-corrected chi connectivity index (χ0v) is 13.7. The topological polar surface area (TPSA) is 38.7 Å². The molecule has 3 nitrogen and oxygen atoms in total. The molecule has 0 heterocycles. The Hall–Kier alpha value is -0.860. The van der Waals surface area contributed by atoms with Gasteiger partial charge in [0, 0.05) is 5.92 Å². The van der Waals surface area contributed by atoms with Crippen molar-refractivity contribution in [3.05, 3.63) is 0 Å². The zero-order chi connectivity index (χ0) is 15.0. The Morgan fingerprint density at radius 3 is 2.60 bits per heavy atom. The monoisotopic (exact) mass is 281 g/mol. The van der Waals surface area contributed by atoms with Crippen LogP contribution in [0.3, 0.4) is 0 Å². The Labute approximate surface area is 124 Å². The maximum Gasteiger partial charge on any atom is 0.340 e. The second-order valence-corrected chi connectivity index (χ2v) is 7.00. The molecule has 1 rings (SSSR count). The van der Waals surface area contributed by atoms with Gasteiger partial charge < -0.3 is 4.84 Å². The van der Waals surface area contributed by atoms with E-state index in [2.05, 4.69) is 12.1 Å². The smallest absolute Gasteiger partial charge is 0.318 e. The molecular weight excluding hydrogens is 250 g/mol. The van der Waals surface area contributed by atoms with Crippen LogP contribution < -0.4 is 0 Å². The number of unbranched alkanes of at least 4 members (excludes halogenated alkanes) is 4. The molecule has 0 radical (unpaired) electrons. The van der Waals surface area contributed by atoms with Gasteiger partial charge in [-0.25, -0.2) is 4.79 Å².